The first kappa shape index (κ1) is 15.0. The van der Waals surface area contributed by atoms with E-state index in [-0.39, 0.29) is 17.0 Å². The molecule has 4 nitrogen and oxygen atoms in total. The van der Waals surface area contributed by atoms with Gasteiger partial charge in [-0.15, -0.1) is 0 Å². The Kier molecular flexibility index (Phi) is 6.40. The van der Waals surface area contributed by atoms with Crippen LogP contribution in [-0.2, 0) is 4.79 Å². The van der Waals surface area contributed by atoms with Gasteiger partial charge in [0.2, 0.25) is 0 Å². The van der Waals surface area contributed by atoms with Crippen LogP contribution >= 0.6 is 0 Å². The van der Waals surface area contributed by atoms with Crippen LogP contribution in [-0.4, -0.2) is 10.7 Å². The van der Waals surface area contributed by atoms with Crippen molar-refractivity contribution in [2.24, 2.45) is 0 Å². The molecule has 0 atom stereocenters. The number of carbonyl (C=O) groups is 1. The fourth-order valence-electron chi connectivity index (χ4n) is 1.03. The SMILES string of the molecule is CC.CC(=O)/C=C/c1cc(F)ccc1[N+](=O)[O-]. The predicted molar refractivity (Wildman–Crippen MR) is 64.1 cm³/mol. The van der Waals surface area contributed by atoms with Gasteiger partial charge in [0.05, 0.1) is 10.5 Å². The van der Waals surface area contributed by atoms with E-state index in [9.17, 15) is 19.3 Å². The zero-order valence-corrected chi connectivity index (χ0v) is 9.94. The van der Waals surface area contributed by atoms with Crippen molar-refractivity contribution in [1.29, 1.82) is 0 Å². The van der Waals surface area contributed by atoms with E-state index in [1.165, 1.54) is 13.0 Å². The minimum atomic E-state index is -0.626. The zero-order valence-electron chi connectivity index (χ0n) is 9.94. The molecular formula is C12H14FNO3. The number of nitrogens with zero attached hydrogens (tertiary/aromatic N) is 1. The molecule has 92 valence electrons. The van der Waals surface area contributed by atoms with Crippen molar-refractivity contribution in [3.63, 3.8) is 0 Å². The average molecular weight is 239 g/mol. The molecule has 1 aromatic rings. The van der Waals surface area contributed by atoms with E-state index in [2.05, 4.69) is 0 Å². The lowest BCUT2D eigenvalue weighted by Gasteiger charge is -1.96. The first-order valence-electron chi connectivity index (χ1n) is 5.13. The molecule has 0 aliphatic carbocycles. The van der Waals surface area contributed by atoms with Crippen molar-refractivity contribution >= 4 is 17.5 Å². The minimum absolute atomic E-state index is 0.0789. The topological polar surface area (TPSA) is 60.2 Å². The molecule has 0 aliphatic rings. The van der Waals surface area contributed by atoms with Crippen LogP contribution in [0.2, 0.25) is 0 Å². The number of benzene rings is 1. The molecule has 0 N–H and O–H groups in total. The molecule has 17 heavy (non-hydrogen) atoms. The van der Waals surface area contributed by atoms with Crippen LogP contribution in [0, 0.1) is 15.9 Å². The van der Waals surface area contributed by atoms with E-state index >= 15 is 0 Å². The highest BCUT2D eigenvalue weighted by Crippen LogP contribution is 2.20. The summed E-state index contributed by atoms with van der Waals surface area (Å²) in [5, 5.41) is 10.5. The molecule has 0 spiro atoms. The third kappa shape index (κ3) is 5.01. The van der Waals surface area contributed by atoms with Crippen molar-refractivity contribution in [2.45, 2.75) is 20.8 Å². The Balaban J connectivity index is 0.00000121. The van der Waals surface area contributed by atoms with Gasteiger partial charge in [-0.2, -0.15) is 0 Å². The summed E-state index contributed by atoms with van der Waals surface area (Å²) >= 11 is 0. The quantitative estimate of drug-likeness (QED) is 0.461. The third-order valence-corrected chi connectivity index (χ3v) is 1.68. The average Bonchev–Trinajstić information content (AvgIpc) is 2.28. The second-order valence-electron chi connectivity index (χ2n) is 2.90. The minimum Gasteiger partial charge on any atom is -0.295 e. The van der Waals surface area contributed by atoms with Crippen LogP contribution in [0.1, 0.15) is 26.3 Å². The van der Waals surface area contributed by atoms with Crippen LogP contribution in [0.5, 0.6) is 0 Å². The first-order valence-corrected chi connectivity index (χ1v) is 5.13. The Morgan fingerprint density at radius 2 is 2.00 bits per heavy atom. The van der Waals surface area contributed by atoms with Gasteiger partial charge in [0, 0.05) is 6.07 Å². The third-order valence-electron chi connectivity index (χ3n) is 1.68. The largest absolute Gasteiger partial charge is 0.295 e. The molecule has 0 amide bonds. The molecule has 5 heteroatoms. The normalized spacial score (nSPS) is 9.65. The highest BCUT2D eigenvalue weighted by Gasteiger charge is 2.11. The molecule has 0 radical (unpaired) electrons. The van der Waals surface area contributed by atoms with Gasteiger partial charge in [0.25, 0.3) is 5.69 Å². The maximum atomic E-state index is 12.8. The molecule has 0 saturated carbocycles. The summed E-state index contributed by atoms with van der Waals surface area (Å²) in [6.07, 6.45) is 2.38. The van der Waals surface area contributed by atoms with E-state index in [0.29, 0.717) is 0 Å². The maximum Gasteiger partial charge on any atom is 0.276 e. The summed E-state index contributed by atoms with van der Waals surface area (Å²) in [5.41, 5.74) is -0.149. The number of hydrogen-bond donors (Lipinski definition) is 0. The monoisotopic (exact) mass is 239 g/mol. The maximum absolute atomic E-state index is 12.8. The second-order valence-corrected chi connectivity index (χ2v) is 2.90. The molecule has 1 rings (SSSR count). The molecule has 0 bridgehead atoms. The van der Waals surface area contributed by atoms with Gasteiger partial charge in [-0.3, -0.25) is 14.9 Å². The number of allylic oxidation sites excluding steroid dienone is 1. The molecule has 0 saturated heterocycles. The Hall–Kier alpha value is -2.04. The van der Waals surface area contributed by atoms with Gasteiger partial charge in [-0.1, -0.05) is 13.8 Å². The van der Waals surface area contributed by atoms with Gasteiger partial charge in [-0.25, -0.2) is 4.39 Å². The summed E-state index contributed by atoms with van der Waals surface area (Å²) in [6.45, 7) is 5.31. The van der Waals surface area contributed by atoms with Crippen LogP contribution in [0.3, 0.4) is 0 Å². The van der Waals surface area contributed by atoms with Gasteiger partial charge in [-0.05, 0) is 31.2 Å². The summed E-state index contributed by atoms with van der Waals surface area (Å²) in [7, 11) is 0. The standard InChI is InChI=1S/C10H8FNO3.C2H6/c1-7(13)2-3-8-6-9(11)4-5-10(8)12(14)15;1-2/h2-6H,1H3;1-2H3/b3-2+;. The number of nitro benzene ring substituents is 1. The van der Waals surface area contributed by atoms with Crippen molar-refractivity contribution in [1.82, 2.24) is 0 Å². The number of halogens is 1. The Labute approximate surface area is 98.9 Å². The van der Waals surface area contributed by atoms with Crippen LogP contribution in [0.4, 0.5) is 10.1 Å². The molecule has 0 heterocycles. The van der Waals surface area contributed by atoms with Crippen LogP contribution in [0.15, 0.2) is 24.3 Å². The van der Waals surface area contributed by atoms with Crippen molar-refractivity contribution < 1.29 is 14.1 Å². The predicted octanol–water partition coefficient (Wildman–Crippen LogP) is 3.36. The highest BCUT2D eigenvalue weighted by atomic mass is 19.1. The van der Waals surface area contributed by atoms with E-state index in [0.717, 1.165) is 24.3 Å². The fourth-order valence-corrected chi connectivity index (χ4v) is 1.03. The van der Waals surface area contributed by atoms with Crippen molar-refractivity contribution in [2.75, 3.05) is 0 Å². The van der Waals surface area contributed by atoms with E-state index in [4.69, 9.17) is 0 Å². The van der Waals surface area contributed by atoms with Crippen molar-refractivity contribution in [3.05, 3.63) is 45.8 Å². The lowest BCUT2D eigenvalue weighted by molar-refractivity contribution is -0.385. The molecule has 1 aromatic carbocycles. The van der Waals surface area contributed by atoms with Gasteiger partial charge < -0.3 is 0 Å². The zero-order chi connectivity index (χ0) is 13.4. The fraction of sp³-hybridized carbons (Fsp3) is 0.250. The molecule has 0 unspecified atom stereocenters. The number of nitro groups is 1. The Morgan fingerprint density at radius 1 is 1.41 bits per heavy atom. The van der Waals surface area contributed by atoms with Crippen molar-refractivity contribution in [3.8, 4) is 0 Å². The molecule has 0 fully saturated rings. The van der Waals surface area contributed by atoms with Crippen LogP contribution < -0.4 is 0 Å². The number of carbonyl (C=O) groups excluding carboxylic acids is 1. The van der Waals surface area contributed by atoms with Gasteiger partial charge in [0.15, 0.2) is 5.78 Å². The Bertz CT molecular complexity index is 441. The number of hydrogen-bond acceptors (Lipinski definition) is 3. The summed E-state index contributed by atoms with van der Waals surface area (Å²) in [4.78, 5) is 20.5. The second kappa shape index (κ2) is 7.27. The van der Waals surface area contributed by atoms with Gasteiger partial charge >= 0.3 is 0 Å². The van der Waals surface area contributed by atoms with Gasteiger partial charge in [0.1, 0.15) is 5.82 Å². The number of ketones is 1. The lowest BCUT2D eigenvalue weighted by Crippen LogP contribution is -1.92. The lowest BCUT2D eigenvalue weighted by atomic mass is 10.1. The summed E-state index contributed by atoms with van der Waals surface area (Å²) in [6, 6.07) is 3.08. The molecule has 0 aromatic heterocycles. The molecular weight excluding hydrogens is 225 g/mol. The number of rotatable bonds is 3. The summed E-state index contributed by atoms with van der Waals surface area (Å²) in [5.74, 6) is -0.836. The summed E-state index contributed by atoms with van der Waals surface area (Å²) < 4.78 is 12.8. The van der Waals surface area contributed by atoms with Crippen LogP contribution in [0.25, 0.3) is 6.08 Å². The Morgan fingerprint density at radius 3 is 2.47 bits per heavy atom. The van der Waals surface area contributed by atoms with E-state index in [1.54, 1.807) is 0 Å². The highest BCUT2D eigenvalue weighted by molar-refractivity contribution is 5.92. The molecule has 0 aliphatic heterocycles. The van der Waals surface area contributed by atoms with E-state index in [1.807, 2.05) is 13.8 Å². The van der Waals surface area contributed by atoms with E-state index < -0.39 is 10.7 Å². The first-order chi connectivity index (χ1) is 8.00. The smallest absolute Gasteiger partial charge is 0.276 e.